The molecular formula is C14H14FN3O3. The van der Waals surface area contributed by atoms with Crippen LogP contribution in [0.25, 0.3) is 11.4 Å². The molecule has 0 saturated carbocycles. The minimum Gasteiger partial charge on any atom is -0.481 e. The van der Waals surface area contributed by atoms with Crippen LogP contribution in [-0.4, -0.2) is 34.3 Å². The predicted octanol–water partition coefficient (Wildman–Crippen LogP) is 2.18. The summed E-state index contributed by atoms with van der Waals surface area (Å²) < 4.78 is 18.1. The number of aliphatic carboxylic acids is 1. The Kier molecular flexibility index (Phi) is 3.55. The summed E-state index contributed by atoms with van der Waals surface area (Å²) >= 11 is 0. The van der Waals surface area contributed by atoms with Gasteiger partial charge in [0.1, 0.15) is 5.82 Å². The van der Waals surface area contributed by atoms with Gasteiger partial charge in [-0.15, -0.1) is 0 Å². The quantitative estimate of drug-likeness (QED) is 0.933. The summed E-state index contributed by atoms with van der Waals surface area (Å²) in [7, 11) is 0. The Morgan fingerprint density at radius 3 is 2.57 bits per heavy atom. The first kappa shape index (κ1) is 13.5. The Balaban J connectivity index is 1.71. The van der Waals surface area contributed by atoms with Gasteiger partial charge in [0.25, 0.3) is 0 Å². The monoisotopic (exact) mass is 291 g/mol. The Bertz CT molecular complexity index is 633. The molecule has 0 unspecified atom stereocenters. The maximum absolute atomic E-state index is 12.9. The molecule has 0 aliphatic carbocycles. The number of carboxylic acid groups (broad SMARTS) is 1. The second-order valence-corrected chi connectivity index (χ2v) is 5.01. The van der Waals surface area contributed by atoms with Gasteiger partial charge in [-0.2, -0.15) is 4.98 Å². The summed E-state index contributed by atoms with van der Waals surface area (Å²) in [5, 5.41) is 12.8. The largest absolute Gasteiger partial charge is 0.481 e. The minimum atomic E-state index is -0.757. The first-order valence-electron chi connectivity index (χ1n) is 6.71. The highest BCUT2D eigenvalue weighted by molar-refractivity contribution is 5.70. The average molecular weight is 291 g/mol. The lowest BCUT2D eigenvalue weighted by Gasteiger charge is -2.28. The first-order valence-corrected chi connectivity index (χ1v) is 6.71. The standard InChI is InChI=1S/C14H14FN3O3/c15-11-3-1-9(2-4-11)12-16-14(21-17-12)18-7-5-10(6-8-18)13(19)20/h1-4,10H,5-8H2,(H,19,20). The van der Waals surface area contributed by atoms with Crippen molar-refractivity contribution in [3.05, 3.63) is 30.1 Å². The number of piperidine rings is 1. The Hall–Kier alpha value is -2.44. The lowest BCUT2D eigenvalue weighted by molar-refractivity contribution is -0.142. The van der Waals surface area contributed by atoms with E-state index in [2.05, 4.69) is 10.1 Å². The van der Waals surface area contributed by atoms with Crippen molar-refractivity contribution in [1.29, 1.82) is 0 Å². The molecule has 1 fully saturated rings. The zero-order chi connectivity index (χ0) is 14.8. The number of hydrogen-bond donors (Lipinski definition) is 1. The van der Waals surface area contributed by atoms with E-state index >= 15 is 0 Å². The van der Waals surface area contributed by atoms with Crippen molar-refractivity contribution in [3.63, 3.8) is 0 Å². The van der Waals surface area contributed by atoms with E-state index in [1.165, 1.54) is 12.1 Å². The molecule has 2 heterocycles. The van der Waals surface area contributed by atoms with E-state index in [-0.39, 0.29) is 11.7 Å². The number of nitrogens with zero attached hydrogens (tertiary/aromatic N) is 3. The average Bonchev–Trinajstić information content (AvgIpc) is 2.98. The Labute approximate surface area is 120 Å². The predicted molar refractivity (Wildman–Crippen MR) is 72.3 cm³/mol. The van der Waals surface area contributed by atoms with E-state index < -0.39 is 5.97 Å². The Morgan fingerprint density at radius 1 is 1.29 bits per heavy atom. The molecule has 2 aromatic rings. The van der Waals surface area contributed by atoms with Crippen LogP contribution in [0.3, 0.4) is 0 Å². The van der Waals surface area contributed by atoms with Gasteiger partial charge in [-0.1, -0.05) is 5.16 Å². The van der Waals surface area contributed by atoms with Crippen molar-refractivity contribution in [3.8, 4) is 11.4 Å². The minimum absolute atomic E-state index is 0.305. The molecule has 7 heteroatoms. The smallest absolute Gasteiger partial charge is 0.324 e. The fourth-order valence-corrected chi connectivity index (χ4v) is 2.38. The molecule has 1 N–H and O–H groups in total. The van der Waals surface area contributed by atoms with Gasteiger partial charge >= 0.3 is 12.0 Å². The highest BCUT2D eigenvalue weighted by Gasteiger charge is 2.27. The lowest BCUT2D eigenvalue weighted by Crippen LogP contribution is -2.36. The van der Waals surface area contributed by atoms with Crippen LogP contribution < -0.4 is 4.90 Å². The number of anilines is 1. The molecule has 1 aliphatic heterocycles. The van der Waals surface area contributed by atoms with Gasteiger partial charge in [-0.3, -0.25) is 4.79 Å². The van der Waals surface area contributed by atoms with Crippen LogP contribution in [0, 0.1) is 11.7 Å². The molecule has 0 spiro atoms. The van der Waals surface area contributed by atoms with Crippen LogP contribution in [-0.2, 0) is 4.79 Å². The molecule has 0 amide bonds. The number of halogens is 1. The molecule has 1 aromatic heterocycles. The zero-order valence-corrected chi connectivity index (χ0v) is 11.2. The van der Waals surface area contributed by atoms with Crippen molar-refractivity contribution < 1.29 is 18.8 Å². The van der Waals surface area contributed by atoms with Crippen LogP contribution in [0.2, 0.25) is 0 Å². The van der Waals surface area contributed by atoms with Crippen molar-refractivity contribution in [2.75, 3.05) is 18.0 Å². The van der Waals surface area contributed by atoms with Gasteiger partial charge in [-0.05, 0) is 37.1 Å². The van der Waals surface area contributed by atoms with Gasteiger partial charge in [-0.25, -0.2) is 4.39 Å². The number of rotatable bonds is 3. The van der Waals surface area contributed by atoms with E-state index in [1.54, 1.807) is 12.1 Å². The zero-order valence-electron chi connectivity index (χ0n) is 11.2. The summed E-state index contributed by atoms with van der Waals surface area (Å²) in [6.07, 6.45) is 1.12. The molecule has 1 aromatic carbocycles. The topological polar surface area (TPSA) is 79.5 Å². The number of carboxylic acids is 1. The molecular weight excluding hydrogens is 277 g/mol. The van der Waals surface area contributed by atoms with Gasteiger partial charge in [0.15, 0.2) is 0 Å². The second-order valence-electron chi connectivity index (χ2n) is 5.01. The van der Waals surface area contributed by atoms with Crippen LogP contribution in [0.1, 0.15) is 12.8 Å². The van der Waals surface area contributed by atoms with E-state index in [1.807, 2.05) is 4.90 Å². The van der Waals surface area contributed by atoms with E-state index in [0.717, 1.165) is 0 Å². The molecule has 110 valence electrons. The van der Waals surface area contributed by atoms with E-state index in [0.29, 0.717) is 43.3 Å². The van der Waals surface area contributed by atoms with Crippen LogP contribution in [0.4, 0.5) is 10.4 Å². The number of aromatic nitrogens is 2. The molecule has 1 saturated heterocycles. The summed E-state index contributed by atoms with van der Waals surface area (Å²) in [5.74, 6) is -0.989. The summed E-state index contributed by atoms with van der Waals surface area (Å²) in [4.78, 5) is 17.1. The van der Waals surface area contributed by atoms with Gasteiger partial charge in [0, 0.05) is 18.7 Å². The maximum Gasteiger partial charge on any atom is 0.324 e. The van der Waals surface area contributed by atoms with Crippen molar-refractivity contribution >= 4 is 12.0 Å². The van der Waals surface area contributed by atoms with E-state index in [4.69, 9.17) is 9.63 Å². The normalized spacial score (nSPS) is 16.1. The first-order chi connectivity index (χ1) is 10.1. The molecule has 0 bridgehead atoms. The third-order valence-electron chi connectivity index (χ3n) is 3.63. The van der Waals surface area contributed by atoms with E-state index in [9.17, 15) is 9.18 Å². The highest BCUT2D eigenvalue weighted by Crippen LogP contribution is 2.24. The third kappa shape index (κ3) is 2.86. The third-order valence-corrected chi connectivity index (χ3v) is 3.63. The van der Waals surface area contributed by atoms with Crippen molar-refractivity contribution in [2.45, 2.75) is 12.8 Å². The summed E-state index contributed by atoms with van der Waals surface area (Å²) in [6, 6.07) is 6.22. The summed E-state index contributed by atoms with van der Waals surface area (Å²) in [5.41, 5.74) is 0.673. The fourth-order valence-electron chi connectivity index (χ4n) is 2.38. The number of hydrogen-bond acceptors (Lipinski definition) is 5. The fraction of sp³-hybridized carbons (Fsp3) is 0.357. The second kappa shape index (κ2) is 5.51. The van der Waals surface area contributed by atoms with Crippen molar-refractivity contribution in [2.24, 2.45) is 5.92 Å². The van der Waals surface area contributed by atoms with Gasteiger partial charge in [0.2, 0.25) is 5.82 Å². The molecule has 3 rings (SSSR count). The SMILES string of the molecule is O=C(O)C1CCN(c2nc(-c3ccc(F)cc3)no2)CC1. The molecule has 1 aliphatic rings. The van der Waals surface area contributed by atoms with Gasteiger partial charge < -0.3 is 14.5 Å². The maximum atomic E-state index is 12.9. The molecule has 0 radical (unpaired) electrons. The molecule has 0 atom stereocenters. The van der Waals surface area contributed by atoms with Crippen molar-refractivity contribution in [1.82, 2.24) is 10.1 Å². The highest BCUT2D eigenvalue weighted by atomic mass is 19.1. The lowest BCUT2D eigenvalue weighted by atomic mass is 9.97. The van der Waals surface area contributed by atoms with Crippen LogP contribution in [0.5, 0.6) is 0 Å². The van der Waals surface area contributed by atoms with Crippen LogP contribution in [0.15, 0.2) is 28.8 Å². The van der Waals surface area contributed by atoms with Crippen LogP contribution >= 0.6 is 0 Å². The Morgan fingerprint density at radius 2 is 1.95 bits per heavy atom. The summed E-state index contributed by atoms with van der Waals surface area (Å²) in [6.45, 7) is 1.14. The molecule has 6 nitrogen and oxygen atoms in total. The number of carbonyl (C=O) groups is 1. The molecule has 21 heavy (non-hydrogen) atoms. The van der Waals surface area contributed by atoms with Gasteiger partial charge in [0.05, 0.1) is 5.92 Å². The number of benzene rings is 1.